The van der Waals surface area contributed by atoms with E-state index < -0.39 is 0 Å². The van der Waals surface area contributed by atoms with Gasteiger partial charge in [0.15, 0.2) is 0 Å². The van der Waals surface area contributed by atoms with Crippen LogP contribution in [0.25, 0.3) is 9.75 Å². The van der Waals surface area contributed by atoms with Crippen LogP contribution in [-0.2, 0) is 5.41 Å². The lowest BCUT2D eigenvalue weighted by Crippen LogP contribution is -2.24. The van der Waals surface area contributed by atoms with Gasteiger partial charge in [-0.15, -0.1) is 22.7 Å². The molecule has 126 valence electrons. The van der Waals surface area contributed by atoms with E-state index in [0.717, 1.165) is 0 Å². The number of hydrogen-bond donors (Lipinski definition) is 0. The second-order valence-corrected chi connectivity index (χ2v) is 9.84. The lowest BCUT2D eigenvalue weighted by atomic mass is 9.72. The number of thiophene rings is 2. The molecule has 3 rings (SSSR count). The fourth-order valence-electron chi connectivity index (χ4n) is 4.10. The third kappa shape index (κ3) is 2.62. The van der Waals surface area contributed by atoms with Crippen LogP contribution < -0.4 is 0 Å². The van der Waals surface area contributed by atoms with Gasteiger partial charge in [0, 0.05) is 24.9 Å². The first-order valence-electron chi connectivity index (χ1n) is 9.23. The standard InChI is InChI=1S/C21H30S2/c1-7-9-21(10-8-2)15-11-17(13(3)4)22-19(15)20-16(21)12-18(23-20)14(5)6/h11-14H,7-10H2,1-6H3. The van der Waals surface area contributed by atoms with Gasteiger partial charge in [-0.3, -0.25) is 0 Å². The van der Waals surface area contributed by atoms with Crippen LogP contribution in [0.2, 0.25) is 0 Å². The van der Waals surface area contributed by atoms with Crippen molar-refractivity contribution in [2.24, 2.45) is 0 Å². The lowest BCUT2D eigenvalue weighted by Gasteiger charge is -2.30. The van der Waals surface area contributed by atoms with Gasteiger partial charge in [0.25, 0.3) is 0 Å². The molecule has 0 bridgehead atoms. The number of rotatable bonds is 6. The van der Waals surface area contributed by atoms with Crippen molar-refractivity contribution in [2.75, 3.05) is 0 Å². The van der Waals surface area contributed by atoms with E-state index in [4.69, 9.17) is 0 Å². The maximum absolute atomic E-state index is 2.55. The van der Waals surface area contributed by atoms with Crippen molar-refractivity contribution >= 4 is 22.7 Å². The zero-order valence-electron chi connectivity index (χ0n) is 15.5. The average molecular weight is 347 g/mol. The van der Waals surface area contributed by atoms with Gasteiger partial charge in [0.1, 0.15) is 0 Å². The normalized spacial score (nSPS) is 15.5. The molecule has 2 heterocycles. The summed E-state index contributed by atoms with van der Waals surface area (Å²) in [7, 11) is 0. The highest BCUT2D eigenvalue weighted by Gasteiger charge is 2.45. The molecule has 0 radical (unpaired) electrons. The van der Waals surface area contributed by atoms with Crippen molar-refractivity contribution in [3.8, 4) is 9.75 Å². The molecule has 2 heteroatoms. The van der Waals surface area contributed by atoms with Crippen molar-refractivity contribution in [1.29, 1.82) is 0 Å². The summed E-state index contributed by atoms with van der Waals surface area (Å²) in [5, 5.41) is 0. The van der Waals surface area contributed by atoms with E-state index in [0.29, 0.717) is 17.3 Å². The lowest BCUT2D eigenvalue weighted by molar-refractivity contribution is 0.436. The quantitative estimate of drug-likeness (QED) is 0.498. The maximum atomic E-state index is 2.55. The van der Waals surface area contributed by atoms with Gasteiger partial charge in [-0.05, 0) is 47.9 Å². The average Bonchev–Trinajstić information content (AvgIpc) is 3.14. The van der Waals surface area contributed by atoms with Gasteiger partial charge < -0.3 is 0 Å². The Balaban J connectivity index is 2.23. The predicted molar refractivity (Wildman–Crippen MR) is 106 cm³/mol. The van der Waals surface area contributed by atoms with Gasteiger partial charge in [-0.1, -0.05) is 54.4 Å². The van der Waals surface area contributed by atoms with Gasteiger partial charge in [-0.2, -0.15) is 0 Å². The summed E-state index contributed by atoms with van der Waals surface area (Å²) in [6.07, 6.45) is 5.12. The Kier molecular flexibility index (Phi) is 4.77. The zero-order chi connectivity index (χ0) is 16.8. The van der Waals surface area contributed by atoms with Crippen LogP contribution in [0.4, 0.5) is 0 Å². The Morgan fingerprint density at radius 2 is 1.17 bits per heavy atom. The highest BCUT2D eigenvalue weighted by atomic mass is 32.1. The molecule has 0 saturated carbocycles. The first-order chi connectivity index (χ1) is 10.9. The summed E-state index contributed by atoms with van der Waals surface area (Å²) in [5.74, 6) is 1.28. The minimum absolute atomic E-state index is 0.293. The molecule has 1 aliphatic rings. The highest BCUT2D eigenvalue weighted by molar-refractivity contribution is 7.22. The van der Waals surface area contributed by atoms with Crippen molar-refractivity contribution in [3.63, 3.8) is 0 Å². The molecule has 0 amide bonds. The summed E-state index contributed by atoms with van der Waals surface area (Å²) >= 11 is 4.12. The molecule has 0 atom stereocenters. The fraction of sp³-hybridized carbons (Fsp3) is 0.619. The van der Waals surface area contributed by atoms with Gasteiger partial charge in [-0.25, -0.2) is 0 Å². The predicted octanol–water partition coefficient (Wildman–Crippen LogP) is 7.92. The molecule has 23 heavy (non-hydrogen) atoms. The highest BCUT2D eigenvalue weighted by Crippen LogP contribution is 2.60. The monoisotopic (exact) mass is 346 g/mol. The summed E-state index contributed by atoms with van der Waals surface area (Å²) < 4.78 is 0. The van der Waals surface area contributed by atoms with Crippen molar-refractivity contribution in [1.82, 2.24) is 0 Å². The van der Waals surface area contributed by atoms with Crippen molar-refractivity contribution < 1.29 is 0 Å². The second-order valence-electron chi connectivity index (χ2n) is 7.67. The Morgan fingerprint density at radius 1 is 0.783 bits per heavy atom. The molecule has 0 saturated heterocycles. The minimum atomic E-state index is 0.293. The van der Waals surface area contributed by atoms with E-state index in [-0.39, 0.29) is 0 Å². The summed E-state index contributed by atoms with van der Waals surface area (Å²) in [6, 6.07) is 5.11. The van der Waals surface area contributed by atoms with Crippen LogP contribution in [0, 0.1) is 0 Å². The Bertz CT molecular complexity index is 625. The van der Waals surface area contributed by atoms with Crippen LogP contribution in [0.15, 0.2) is 12.1 Å². The van der Waals surface area contributed by atoms with Crippen LogP contribution in [0.1, 0.15) is 99.9 Å². The molecular formula is C21H30S2. The largest absolute Gasteiger partial charge is 0.139 e. The Labute approximate surface area is 150 Å². The van der Waals surface area contributed by atoms with Gasteiger partial charge in [0.05, 0.1) is 0 Å². The molecule has 0 nitrogen and oxygen atoms in total. The summed E-state index contributed by atoms with van der Waals surface area (Å²) in [4.78, 5) is 6.33. The van der Waals surface area contributed by atoms with Gasteiger partial charge >= 0.3 is 0 Å². The van der Waals surface area contributed by atoms with E-state index in [1.807, 2.05) is 0 Å². The maximum Gasteiger partial charge on any atom is 0.0489 e. The molecule has 0 aromatic carbocycles. The molecule has 0 N–H and O–H groups in total. The molecular weight excluding hydrogens is 316 g/mol. The Hall–Kier alpha value is -0.600. The SMILES string of the molecule is CCCC1(CCC)c2cc(C(C)C)sc2-c2sc(C(C)C)cc21. The van der Waals surface area contributed by atoms with E-state index in [1.54, 1.807) is 30.6 Å². The molecule has 2 aromatic heterocycles. The summed E-state index contributed by atoms with van der Waals surface area (Å²) in [5.41, 5.74) is 3.61. The zero-order valence-corrected chi connectivity index (χ0v) is 17.1. The van der Waals surface area contributed by atoms with Gasteiger partial charge in [0.2, 0.25) is 0 Å². The third-order valence-electron chi connectivity index (χ3n) is 5.23. The van der Waals surface area contributed by atoms with E-state index >= 15 is 0 Å². The molecule has 0 spiro atoms. The summed E-state index contributed by atoms with van der Waals surface area (Å²) in [6.45, 7) is 14.0. The van der Waals surface area contributed by atoms with E-state index in [9.17, 15) is 0 Å². The number of fused-ring (bicyclic) bond motifs is 3. The second kappa shape index (κ2) is 6.37. The van der Waals surface area contributed by atoms with Crippen molar-refractivity contribution in [2.45, 2.75) is 84.5 Å². The van der Waals surface area contributed by atoms with E-state index in [1.165, 1.54) is 25.7 Å². The Morgan fingerprint density at radius 3 is 1.48 bits per heavy atom. The van der Waals surface area contributed by atoms with Crippen LogP contribution >= 0.6 is 22.7 Å². The topological polar surface area (TPSA) is 0 Å². The van der Waals surface area contributed by atoms with Crippen LogP contribution in [-0.4, -0.2) is 0 Å². The molecule has 2 aromatic rings. The molecule has 1 aliphatic carbocycles. The van der Waals surface area contributed by atoms with Crippen LogP contribution in [0.5, 0.6) is 0 Å². The van der Waals surface area contributed by atoms with E-state index in [2.05, 4.69) is 76.3 Å². The third-order valence-corrected chi connectivity index (χ3v) is 8.27. The first-order valence-corrected chi connectivity index (χ1v) is 10.9. The minimum Gasteiger partial charge on any atom is -0.139 e. The fourth-order valence-corrected chi connectivity index (χ4v) is 6.78. The number of hydrogen-bond acceptors (Lipinski definition) is 2. The smallest absolute Gasteiger partial charge is 0.0489 e. The van der Waals surface area contributed by atoms with Crippen molar-refractivity contribution in [3.05, 3.63) is 33.0 Å². The van der Waals surface area contributed by atoms with Crippen LogP contribution in [0.3, 0.4) is 0 Å². The molecule has 0 aliphatic heterocycles. The molecule has 0 fully saturated rings. The first kappa shape index (κ1) is 17.2. The molecule has 0 unspecified atom stereocenters.